The Balaban J connectivity index is 1.95. The van der Waals surface area contributed by atoms with Gasteiger partial charge in [0.05, 0.1) is 0 Å². The molecule has 0 spiro atoms. The van der Waals surface area contributed by atoms with E-state index in [0.29, 0.717) is 17.3 Å². The van der Waals surface area contributed by atoms with E-state index in [1.54, 1.807) is 12.1 Å². The number of benzene rings is 2. The summed E-state index contributed by atoms with van der Waals surface area (Å²) < 4.78 is 13.4. The molecule has 6 heteroatoms. The number of aromatic nitrogens is 2. The van der Waals surface area contributed by atoms with Crippen LogP contribution in [0.5, 0.6) is 0 Å². The number of halogens is 1. The van der Waals surface area contributed by atoms with Crippen LogP contribution in [0.4, 0.5) is 15.9 Å². The molecule has 0 saturated carbocycles. The van der Waals surface area contributed by atoms with Gasteiger partial charge in [-0.25, -0.2) is 14.4 Å². The lowest BCUT2D eigenvalue weighted by Gasteiger charge is -2.14. The standard InChI is InChI=1S/C21H21FN4O/c1-3-14(2)23-19-13-18(21(27)24-17-11-7-10-16(22)12-17)25-20(26-19)15-8-5-4-6-9-15/h4-14H,3H2,1-2H3,(H,24,27)(H,23,25,26). The van der Waals surface area contributed by atoms with Crippen LogP contribution in [0.2, 0.25) is 0 Å². The number of carbonyl (C=O) groups is 1. The second kappa shape index (κ2) is 8.40. The molecule has 1 aromatic heterocycles. The summed E-state index contributed by atoms with van der Waals surface area (Å²) in [4.78, 5) is 21.6. The summed E-state index contributed by atoms with van der Waals surface area (Å²) in [6, 6.07) is 17.0. The van der Waals surface area contributed by atoms with Gasteiger partial charge in [-0.3, -0.25) is 4.79 Å². The van der Waals surface area contributed by atoms with Gasteiger partial charge in [0.25, 0.3) is 5.91 Å². The van der Waals surface area contributed by atoms with E-state index in [2.05, 4.69) is 27.5 Å². The first-order chi connectivity index (χ1) is 13.0. The van der Waals surface area contributed by atoms with Gasteiger partial charge < -0.3 is 10.6 Å². The SMILES string of the molecule is CCC(C)Nc1cc(C(=O)Nc2cccc(F)c2)nc(-c2ccccc2)n1. The van der Waals surface area contributed by atoms with Gasteiger partial charge in [-0.2, -0.15) is 0 Å². The molecule has 0 bridgehead atoms. The second-order valence-corrected chi connectivity index (χ2v) is 6.25. The lowest BCUT2D eigenvalue weighted by atomic mass is 10.2. The number of rotatable bonds is 6. The molecular weight excluding hydrogens is 343 g/mol. The van der Waals surface area contributed by atoms with E-state index in [1.165, 1.54) is 18.2 Å². The Labute approximate surface area is 157 Å². The average molecular weight is 364 g/mol. The van der Waals surface area contributed by atoms with Crippen molar-refractivity contribution in [3.8, 4) is 11.4 Å². The minimum atomic E-state index is -0.424. The fraction of sp³-hybridized carbons (Fsp3) is 0.190. The Morgan fingerprint density at radius 3 is 2.56 bits per heavy atom. The summed E-state index contributed by atoms with van der Waals surface area (Å²) in [7, 11) is 0. The number of nitrogens with one attached hydrogen (secondary N) is 2. The van der Waals surface area contributed by atoms with Crippen LogP contribution in [0.3, 0.4) is 0 Å². The summed E-state index contributed by atoms with van der Waals surface area (Å²) in [6.07, 6.45) is 0.912. The highest BCUT2D eigenvalue weighted by Crippen LogP contribution is 2.19. The largest absolute Gasteiger partial charge is 0.367 e. The predicted octanol–water partition coefficient (Wildman–Crippen LogP) is 4.75. The van der Waals surface area contributed by atoms with Crippen molar-refractivity contribution in [2.75, 3.05) is 10.6 Å². The molecule has 1 atom stereocenters. The molecule has 1 heterocycles. The van der Waals surface area contributed by atoms with Crippen molar-refractivity contribution < 1.29 is 9.18 Å². The fourth-order valence-corrected chi connectivity index (χ4v) is 2.47. The summed E-state index contributed by atoms with van der Waals surface area (Å²) in [5.74, 6) is 0.183. The Morgan fingerprint density at radius 1 is 1.07 bits per heavy atom. The van der Waals surface area contributed by atoms with Crippen LogP contribution in [0.25, 0.3) is 11.4 Å². The van der Waals surface area contributed by atoms with Crippen molar-refractivity contribution in [2.45, 2.75) is 26.3 Å². The van der Waals surface area contributed by atoms with E-state index in [-0.39, 0.29) is 11.7 Å². The molecule has 0 aliphatic rings. The molecule has 1 amide bonds. The minimum absolute atomic E-state index is 0.197. The monoisotopic (exact) mass is 364 g/mol. The third-order valence-corrected chi connectivity index (χ3v) is 4.08. The van der Waals surface area contributed by atoms with Crippen LogP contribution in [0, 0.1) is 5.82 Å². The van der Waals surface area contributed by atoms with E-state index >= 15 is 0 Å². The van der Waals surface area contributed by atoms with Crippen molar-refractivity contribution in [3.63, 3.8) is 0 Å². The van der Waals surface area contributed by atoms with E-state index in [1.807, 2.05) is 37.3 Å². The van der Waals surface area contributed by atoms with Gasteiger partial charge in [0, 0.05) is 23.4 Å². The van der Waals surface area contributed by atoms with Gasteiger partial charge in [0.1, 0.15) is 17.3 Å². The van der Waals surface area contributed by atoms with Crippen molar-refractivity contribution in [1.82, 2.24) is 9.97 Å². The minimum Gasteiger partial charge on any atom is -0.367 e. The Kier molecular flexibility index (Phi) is 5.76. The molecule has 0 radical (unpaired) electrons. The van der Waals surface area contributed by atoms with Crippen molar-refractivity contribution in [3.05, 3.63) is 72.2 Å². The second-order valence-electron chi connectivity index (χ2n) is 6.25. The molecular formula is C21H21FN4O. The zero-order chi connectivity index (χ0) is 19.2. The maximum Gasteiger partial charge on any atom is 0.274 e. The number of hydrogen-bond acceptors (Lipinski definition) is 4. The van der Waals surface area contributed by atoms with Crippen molar-refractivity contribution >= 4 is 17.4 Å². The van der Waals surface area contributed by atoms with E-state index in [0.717, 1.165) is 12.0 Å². The quantitative estimate of drug-likeness (QED) is 0.663. The number of amides is 1. The molecule has 0 aliphatic carbocycles. The third-order valence-electron chi connectivity index (χ3n) is 4.08. The first-order valence-electron chi connectivity index (χ1n) is 8.83. The van der Waals surface area contributed by atoms with Crippen LogP contribution in [-0.4, -0.2) is 21.9 Å². The lowest BCUT2D eigenvalue weighted by molar-refractivity contribution is 0.102. The van der Waals surface area contributed by atoms with Gasteiger partial charge in [0.2, 0.25) is 0 Å². The Bertz CT molecular complexity index is 930. The summed E-state index contributed by atoms with van der Waals surface area (Å²) in [5.41, 5.74) is 1.39. The average Bonchev–Trinajstić information content (AvgIpc) is 2.68. The third kappa shape index (κ3) is 4.88. The van der Waals surface area contributed by atoms with Crippen LogP contribution in [0.1, 0.15) is 30.8 Å². The fourth-order valence-electron chi connectivity index (χ4n) is 2.47. The molecule has 0 saturated heterocycles. The zero-order valence-corrected chi connectivity index (χ0v) is 15.2. The molecule has 27 heavy (non-hydrogen) atoms. The highest BCUT2D eigenvalue weighted by atomic mass is 19.1. The predicted molar refractivity (Wildman–Crippen MR) is 105 cm³/mol. The van der Waals surface area contributed by atoms with Gasteiger partial charge >= 0.3 is 0 Å². The maximum atomic E-state index is 13.4. The number of nitrogens with zero attached hydrogens (tertiary/aromatic N) is 2. The number of anilines is 2. The highest BCUT2D eigenvalue weighted by molar-refractivity contribution is 6.03. The molecule has 3 aromatic rings. The van der Waals surface area contributed by atoms with Crippen molar-refractivity contribution in [2.24, 2.45) is 0 Å². The first-order valence-corrected chi connectivity index (χ1v) is 8.83. The van der Waals surface area contributed by atoms with Crippen molar-refractivity contribution in [1.29, 1.82) is 0 Å². The molecule has 1 unspecified atom stereocenters. The summed E-state index contributed by atoms with van der Waals surface area (Å²) >= 11 is 0. The van der Waals surface area contributed by atoms with Gasteiger partial charge in [-0.05, 0) is 31.5 Å². The van der Waals surface area contributed by atoms with Gasteiger partial charge in [-0.1, -0.05) is 43.3 Å². The molecule has 3 rings (SSSR count). The van der Waals surface area contributed by atoms with Crippen LogP contribution >= 0.6 is 0 Å². The van der Waals surface area contributed by atoms with Crippen LogP contribution < -0.4 is 10.6 Å². The van der Waals surface area contributed by atoms with E-state index < -0.39 is 11.7 Å². The molecule has 2 N–H and O–H groups in total. The Morgan fingerprint density at radius 2 is 1.85 bits per heavy atom. The smallest absolute Gasteiger partial charge is 0.274 e. The van der Waals surface area contributed by atoms with E-state index in [4.69, 9.17) is 0 Å². The highest BCUT2D eigenvalue weighted by Gasteiger charge is 2.14. The van der Waals surface area contributed by atoms with Crippen LogP contribution in [-0.2, 0) is 0 Å². The normalized spacial score (nSPS) is 11.7. The number of hydrogen-bond donors (Lipinski definition) is 2. The molecule has 138 valence electrons. The molecule has 2 aromatic carbocycles. The maximum absolute atomic E-state index is 13.4. The zero-order valence-electron chi connectivity index (χ0n) is 15.2. The molecule has 0 aliphatic heterocycles. The van der Waals surface area contributed by atoms with E-state index in [9.17, 15) is 9.18 Å². The summed E-state index contributed by atoms with van der Waals surface area (Å²) in [6.45, 7) is 4.10. The van der Waals surface area contributed by atoms with Gasteiger partial charge in [0.15, 0.2) is 5.82 Å². The number of carbonyl (C=O) groups excluding carboxylic acids is 1. The van der Waals surface area contributed by atoms with Gasteiger partial charge in [-0.15, -0.1) is 0 Å². The molecule has 0 fully saturated rings. The topological polar surface area (TPSA) is 66.9 Å². The lowest BCUT2D eigenvalue weighted by Crippen LogP contribution is -2.18. The summed E-state index contributed by atoms with van der Waals surface area (Å²) in [5, 5.41) is 5.95. The Hall–Kier alpha value is -3.28. The molecule has 5 nitrogen and oxygen atoms in total. The first kappa shape index (κ1) is 18.5. The van der Waals surface area contributed by atoms with Crippen LogP contribution in [0.15, 0.2) is 60.7 Å².